The zero-order valence-electron chi connectivity index (χ0n) is 15.9. The fourth-order valence-electron chi connectivity index (χ4n) is 2.99. The van der Waals surface area contributed by atoms with Gasteiger partial charge in [0.2, 0.25) is 0 Å². The Morgan fingerprint density at radius 1 is 1.07 bits per heavy atom. The van der Waals surface area contributed by atoms with Gasteiger partial charge in [0.05, 0.1) is 10.6 Å². The number of unbranched alkanes of at least 4 members (excludes halogenated alkanes) is 1. The van der Waals surface area contributed by atoms with Crippen molar-refractivity contribution in [2.75, 3.05) is 4.72 Å². The maximum absolute atomic E-state index is 13.1. The smallest absolute Gasteiger partial charge is 0.262 e. The quantitative estimate of drug-likeness (QED) is 0.506. The van der Waals surface area contributed by atoms with E-state index < -0.39 is 10.0 Å². The van der Waals surface area contributed by atoms with E-state index in [-0.39, 0.29) is 21.9 Å². The van der Waals surface area contributed by atoms with Gasteiger partial charge < -0.3 is 0 Å². The van der Waals surface area contributed by atoms with Crippen LogP contribution in [0.5, 0.6) is 0 Å². The van der Waals surface area contributed by atoms with Gasteiger partial charge in [0.1, 0.15) is 0 Å². The molecular weight excluding hydrogens is 408 g/mol. The molecule has 1 aromatic heterocycles. The Morgan fingerprint density at radius 3 is 2.52 bits per heavy atom. The lowest BCUT2D eigenvalue weighted by molar-refractivity contribution is 0.103. The van der Waals surface area contributed by atoms with Crippen molar-refractivity contribution in [3.63, 3.8) is 0 Å². The van der Waals surface area contributed by atoms with Crippen LogP contribution in [-0.2, 0) is 16.4 Å². The normalized spacial score (nSPS) is 11.2. The zero-order chi connectivity index (χ0) is 20.9. The minimum Gasteiger partial charge on any atom is -0.289 e. The number of anilines is 1. The van der Waals surface area contributed by atoms with Gasteiger partial charge in [-0.2, -0.15) is 0 Å². The molecule has 0 radical (unpaired) electrons. The van der Waals surface area contributed by atoms with Crippen LogP contribution in [0.3, 0.4) is 0 Å². The van der Waals surface area contributed by atoms with Gasteiger partial charge in [-0.1, -0.05) is 43.1 Å². The molecule has 0 fully saturated rings. The van der Waals surface area contributed by atoms with Crippen molar-refractivity contribution in [3.8, 4) is 0 Å². The first-order valence-electron chi connectivity index (χ1n) is 9.27. The molecule has 0 spiro atoms. The van der Waals surface area contributed by atoms with E-state index in [0.29, 0.717) is 17.0 Å². The minimum atomic E-state index is -3.88. The first kappa shape index (κ1) is 21.0. The third-order valence-electron chi connectivity index (χ3n) is 4.47. The van der Waals surface area contributed by atoms with E-state index in [1.165, 1.54) is 24.5 Å². The predicted octanol–water partition coefficient (Wildman–Crippen LogP) is 5.11. The number of nitrogens with zero attached hydrogens (tertiary/aromatic N) is 1. The Labute approximate surface area is 175 Å². The van der Waals surface area contributed by atoms with Gasteiger partial charge >= 0.3 is 0 Å². The third-order valence-corrected chi connectivity index (χ3v) is 6.18. The molecule has 2 aromatic carbocycles. The number of carbonyl (C=O) groups excluding carboxylic acids is 1. The van der Waals surface area contributed by atoms with Crippen LogP contribution in [0.15, 0.2) is 71.9 Å². The minimum absolute atomic E-state index is 0.179. The Balaban J connectivity index is 2.00. The summed E-state index contributed by atoms with van der Waals surface area (Å²) >= 11 is 6.08. The molecule has 7 heteroatoms. The fraction of sp³-hybridized carbons (Fsp3) is 0.182. The van der Waals surface area contributed by atoms with Crippen molar-refractivity contribution in [1.82, 2.24) is 4.98 Å². The number of sulfonamides is 1. The first-order chi connectivity index (χ1) is 13.9. The number of pyridine rings is 1. The molecule has 0 aliphatic rings. The van der Waals surface area contributed by atoms with Crippen LogP contribution in [0.4, 0.5) is 5.69 Å². The maximum Gasteiger partial charge on any atom is 0.262 e. The van der Waals surface area contributed by atoms with Gasteiger partial charge in [-0.3, -0.25) is 14.5 Å². The van der Waals surface area contributed by atoms with E-state index in [1.807, 2.05) is 12.1 Å². The van der Waals surface area contributed by atoms with Crippen LogP contribution in [0.25, 0.3) is 0 Å². The van der Waals surface area contributed by atoms with Crippen LogP contribution in [0, 0.1) is 0 Å². The average Bonchev–Trinajstić information content (AvgIpc) is 2.73. The number of rotatable bonds is 8. The summed E-state index contributed by atoms with van der Waals surface area (Å²) < 4.78 is 28.8. The van der Waals surface area contributed by atoms with Gasteiger partial charge in [-0.05, 0) is 54.8 Å². The molecule has 0 aliphatic heterocycles. The van der Waals surface area contributed by atoms with Crippen LogP contribution < -0.4 is 4.72 Å². The van der Waals surface area contributed by atoms with Gasteiger partial charge in [0, 0.05) is 28.5 Å². The number of carbonyl (C=O) groups is 1. The van der Waals surface area contributed by atoms with Gasteiger partial charge in [0.25, 0.3) is 10.0 Å². The lowest BCUT2D eigenvalue weighted by Gasteiger charge is -2.15. The summed E-state index contributed by atoms with van der Waals surface area (Å²) in [6.07, 6.45) is 5.52. The topological polar surface area (TPSA) is 76.1 Å². The molecule has 0 unspecified atom stereocenters. The third kappa shape index (κ3) is 5.02. The highest BCUT2D eigenvalue weighted by molar-refractivity contribution is 7.92. The van der Waals surface area contributed by atoms with E-state index in [4.69, 9.17) is 11.6 Å². The second kappa shape index (κ2) is 9.20. The number of hydrogen-bond donors (Lipinski definition) is 1. The van der Waals surface area contributed by atoms with E-state index in [9.17, 15) is 13.2 Å². The molecule has 3 aromatic rings. The van der Waals surface area contributed by atoms with Crippen LogP contribution in [-0.4, -0.2) is 19.2 Å². The van der Waals surface area contributed by atoms with Crippen LogP contribution in [0.1, 0.15) is 41.3 Å². The van der Waals surface area contributed by atoms with Crippen LogP contribution >= 0.6 is 11.6 Å². The van der Waals surface area contributed by atoms with Crippen molar-refractivity contribution in [2.45, 2.75) is 31.1 Å². The molecule has 0 saturated carbocycles. The van der Waals surface area contributed by atoms with E-state index >= 15 is 0 Å². The van der Waals surface area contributed by atoms with Crippen molar-refractivity contribution >= 4 is 33.1 Å². The maximum atomic E-state index is 13.1. The summed E-state index contributed by atoms with van der Waals surface area (Å²) in [6, 6.07) is 14.6. The molecule has 3 rings (SSSR count). The van der Waals surface area contributed by atoms with E-state index in [2.05, 4.69) is 16.6 Å². The van der Waals surface area contributed by atoms with Crippen molar-refractivity contribution in [2.24, 2.45) is 0 Å². The number of benzene rings is 2. The van der Waals surface area contributed by atoms with Crippen molar-refractivity contribution < 1.29 is 13.2 Å². The van der Waals surface area contributed by atoms with E-state index in [0.717, 1.165) is 18.4 Å². The summed E-state index contributed by atoms with van der Waals surface area (Å²) in [5, 5.41) is 0.341. The number of hydrogen-bond acceptors (Lipinski definition) is 4. The summed E-state index contributed by atoms with van der Waals surface area (Å²) in [6.45, 7) is 2.06. The first-order valence-corrected chi connectivity index (χ1v) is 11.1. The highest BCUT2D eigenvalue weighted by atomic mass is 35.5. The molecular formula is C22H21ClN2O3S. The summed E-state index contributed by atoms with van der Waals surface area (Å²) in [7, 11) is -3.88. The molecule has 0 bridgehead atoms. The van der Waals surface area contributed by atoms with Gasteiger partial charge in [-0.15, -0.1) is 0 Å². The Bertz CT molecular complexity index is 1120. The molecule has 0 atom stereocenters. The number of aromatic nitrogens is 1. The lowest BCUT2D eigenvalue weighted by Crippen LogP contribution is -2.17. The standard InChI is InChI=1S/C22H21ClN2O3S/c1-2-3-6-16-7-4-5-8-21(16)29(27,28)25-20-10-9-18(23)15-19(20)22(26)17-11-13-24-14-12-17/h4-5,7-15,25H,2-3,6H2,1H3. The second-order valence-electron chi connectivity index (χ2n) is 6.57. The average molecular weight is 429 g/mol. The monoisotopic (exact) mass is 428 g/mol. The Kier molecular flexibility index (Phi) is 6.67. The molecule has 0 amide bonds. The largest absolute Gasteiger partial charge is 0.289 e. The fourth-order valence-corrected chi connectivity index (χ4v) is 4.51. The summed E-state index contributed by atoms with van der Waals surface area (Å²) in [5.74, 6) is -0.341. The molecule has 0 aliphatic carbocycles. The van der Waals surface area contributed by atoms with E-state index in [1.54, 1.807) is 30.3 Å². The molecule has 0 saturated heterocycles. The van der Waals surface area contributed by atoms with Crippen LogP contribution in [0.2, 0.25) is 5.02 Å². The molecule has 5 nitrogen and oxygen atoms in total. The Hall–Kier alpha value is -2.70. The number of aryl methyl sites for hydroxylation is 1. The number of halogens is 1. The number of ketones is 1. The lowest BCUT2D eigenvalue weighted by atomic mass is 10.0. The zero-order valence-corrected chi connectivity index (χ0v) is 17.5. The summed E-state index contributed by atoms with van der Waals surface area (Å²) in [4.78, 5) is 17.0. The molecule has 29 heavy (non-hydrogen) atoms. The molecule has 150 valence electrons. The summed E-state index contributed by atoms with van der Waals surface area (Å²) in [5.41, 5.74) is 1.50. The highest BCUT2D eigenvalue weighted by Crippen LogP contribution is 2.27. The van der Waals surface area contributed by atoms with Gasteiger partial charge in [-0.25, -0.2) is 8.42 Å². The number of nitrogens with one attached hydrogen (secondary N) is 1. The Morgan fingerprint density at radius 2 is 1.79 bits per heavy atom. The molecule has 1 N–H and O–H groups in total. The second-order valence-corrected chi connectivity index (χ2v) is 8.66. The SMILES string of the molecule is CCCCc1ccccc1S(=O)(=O)Nc1ccc(Cl)cc1C(=O)c1ccncc1. The highest BCUT2D eigenvalue weighted by Gasteiger charge is 2.22. The van der Waals surface area contributed by atoms with Crippen molar-refractivity contribution in [1.29, 1.82) is 0 Å². The van der Waals surface area contributed by atoms with Gasteiger partial charge in [0.15, 0.2) is 5.78 Å². The predicted molar refractivity (Wildman–Crippen MR) is 115 cm³/mol. The molecule has 1 heterocycles. The van der Waals surface area contributed by atoms with Crippen molar-refractivity contribution in [3.05, 3.63) is 88.7 Å².